The first-order valence-electron chi connectivity index (χ1n) is 6.34. The molecule has 102 valence electrons. The molecule has 0 bridgehead atoms. The maximum atomic E-state index is 12.6. The van der Waals surface area contributed by atoms with E-state index in [2.05, 4.69) is 24.0 Å². The first-order chi connectivity index (χ1) is 8.32. The molecule has 1 saturated heterocycles. The van der Waals surface area contributed by atoms with Crippen molar-refractivity contribution in [1.82, 2.24) is 14.5 Å². The number of nitrogens with one attached hydrogen (secondary N) is 1. The van der Waals surface area contributed by atoms with Crippen LogP contribution in [-0.4, -0.2) is 36.0 Å². The van der Waals surface area contributed by atoms with Gasteiger partial charge in [-0.05, 0) is 32.1 Å². The van der Waals surface area contributed by atoms with Crippen LogP contribution in [0.25, 0.3) is 0 Å². The first kappa shape index (κ1) is 13.5. The fourth-order valence-electron chi connectivity index (χ4n) is 2.85. The smallest absolute Gasteiger partial charge is 0.246 e. The van der Waals surface area contributed by atoms with Crippen molar-refractivity contribution in [3.63, 3.8) is 0 Å². The van der Waals surface area contributed by atoms with E-state index in [-0.39, 0.29) is 0 Å². The number of nitrogens with zero attached hydrogens (tertiary/aromatic N) is 2. The minimum Gasteiger partial charge on any atom is -0.281 e. The lowest BCUT2D eigenvalue weighted by Crippen LogP contribution is -2.42. The van der Waals surface area contributed by atoms with Crippen LogP contribution >= 0.6 is 0 Å². The van der Waals surface area contributed by atoms with Crippen LogP contribution in [0.5, 0.6) is 0 Å². The van der Waals surface area contributed by atoms with Gasteiger partial charge < -0.3 is 0 Å². The van der Waals surface area contributed by atoms with Crippen LogP contribution in [0.4, 0.5) is 0 Å². The lowest BCUT2D eigenvalue weighted by Gasteiger charge is -2.34. The standard InChI is InChI=1S/C12H21N3O2S/c1-8-5-9(2)7-15(6-8)18(16,17)12-10(3)13-14-11(12)4/h8-9H,5-7H2,1-4H3,(H,13,14). The quantitative estimate of drug-likeness (QED) is 0.890. The highest BCUT2D eigenvalue weighted by molar-refractivity contribution is 7.89. The molecule has 5 nitrogen and oxygen atoms in total. The molecular formula is C12H21N3O2S. The van der Waals surface area contributed by atoms with Crippen LogP contribution < -0.4 is 0 Å². The zero-order valence-corrected chi connectivity index (χ0v) is 12.2. The van der Waals surface area contributed by atoms with E-state index >= 15 is 0 Å². The third-order valence-electron chi connectivity index (χ3n) is 3.49. The van der Waals surface area contributed by atoms with Crippen LogP contribution in [0, 0.1) is 25.7 Å². The maximum Gasteiger partial charge on any atom is 0.246 e. The molecule has 0 aliphatic carbocycles. The van der Waals surface area contributed by atoms with Gasteiger partial charge in [0.05, 0.1) is 11.4 Å². The monoisotopic (exact) mass is 271 g/mol. The first-order valence-corrected chi connectivity index (χ1v) is 7.78. The van der Waals surface area contributed by atoms with E-state index in [0.717, 1.165) is 6.42 Å². The second-order valence-corrected chi connectivity index (χ2v) is 7.41. The van der Waals surface area contributed by atoms with Gasteiger partial charge in [0.1, 0.15) is 4.90 Å². The SMILES string of the molecule is Cc1n[nH]c(C)c1S(=O)(=O)N1CC(C)CC(C)C1. The van der Waals surface area contributed by atoms with Crippen molar-refractivity contribution in [3.8, 4) is 0 Å². The molecule has 1 aliphatic rings. The molecule has 1 aromatic rings. The Kier molecular flexibility index (Phi) is 3.51. The van der Waals surface area contributed by atoms with Gasteiger partial charge in [-0.2, -0.15) is 9.40 Å². The summed E-state index contributed by atoms with van der Waals surface area (Å²) in [5.41, 5.74) is 1.18. The lowest BCUT2D eigenvalue weighted by atomic mass is 9.94. The minimum absolute atomic E-state index is 0.351. The zero-order chi connectivity index (χ0) is 13.5. The molecule has 1 fully saturated rings. The van der Waals surface area contributed by atoms with Gasteiger partial charge in [0.2, 0.25) is 10.0 Å². The molecule has 0 radical (unpaired) electrons. The third kappa shape index (κ3) is 2.31. The lowest BCUT2D eigenvalue weighted by molar-refractivity contribution is 0.222. The third-order valence-corrected chi connectivity index (χ3v) is 5.59. The van der Waals surface area contributed by atoms with E-state index in [1.807, 2.05) is 0 Å². The van der Waals surface area contributed by atoms with Crippen molar-refractivity contribution < 1.29 is 8.42 Å². The van der Waals surface area contributed by atoms with Crippen molar-refractivity contribution >= 4 is 10.0 Å². The van der Waals surface area contributed by atoms with E-state index in [0.29, 0.717) is 41.2 Å². The number of sulfonamides is 1. The number of rotatable bonds is 2. The van der Waals surface area contributed by atoms with Gasteiger partial charge in [0.25, 0.3) is 0 Å². The Morgan fingerprint density at radius 1 is 1.22 bits per heavy atom. The molecule has 0 spiro atoms. The number of aromatic amines is 1. The number of aryl methyl sites for hydroxylation is 2. The van der Waals surface area contributed by atoms with E-state index in [1.54, 1.807) is 18.2 Å². The fraction of sp³-hybridized carbons (Fsp3) is 0.750. The average Bonchev–Trinajstić information content (AvgIpc) is 2.57. The summed E-state index contributed by atoms with van der Waals surface area (Å²) in [4.78, 5) is 0.351. The molecule has 2 unspecified atom stereocenters. The molecule has 1 aliphatic heterocycles. The van der Waals surface area contributed by atoms with Gasteiger partial charge in [-0.15, -0.1) is 0 Å². The highest BCUT2D eigenvalue weighted by atomic mass is 32.2. The van der Waals surface area contributed by atoms with Gasteiger partial charge in [-0.1, -0.05) is 13.8 Å². The Morgan fingerprint density at radius 2 is 1.78 bits per heavy atom. The predicted octanol–water partition coefficient (Wildman–Crippen LogP) is 1.69. The number of hydrogen-bond donors (Lipinski definition) is 1. The van der Waals surface area contributed by atoms with Crippen LogP contribution in [0.3, 0.4) is 0 Å². The molecule has 2 atom stereocenters. The normalized spacial score (nSPS) is 26.4. The van der Waals surface area contributed by atoms with E-state index in [4.69, 9.17) is 0 Å². The molecule has 0 aromatic carbocycles. The Hall–Kier alpha value is -0.880. The fourth-order valence-corrected chi connectivity index (χ4v) is 4.86. The maximum absolute atomic E-state index is 12.6. The summed E-state index contributed by atoms with van der Waals surface area (Å²) in [5.74, 6) is 0.826. The van der Waals surface area contributed by atoms with E-state index in [9.17, 15) is 8.42 Å². The molecular weight excluding hydrogens is 250 g/mol. The highest BCUT2D eigenvalue weighted by Crippen LogP contribution is 2.28. The molecule has 0 amide bonds. The number of piperidine rings is 1. The zero-order valence-electron chi connectivity index (χ0n) is 11.4. The molecule has 1 N–H and O–H groups in total. The van der Waals surface area contributed by atoms with E-state index in [1.165, 1.54) is 0 Å². The van der Waals surface area contributed by atoms with Gasteiger partial charge in [-0.25, -0.2) is 8.42 Å². The van der Waals surface area contributed by atoms with E-state index < -0.39 is 10.0 Å². The molecule has 6 heteroatoms. The van der Waals surface area contributed by atoms with Gasteiger partial charge >= 0.3 is 0 Å². The molecule has 2 rings (SSSR count). The Morgan fingerprint density at radius 3 is 2.22 bits per heavy atom. The Balaban J connectivity index is 2.37. The Labute approximate surface area is 109 Å². The predicted molar refractivity (Wildman–Crippen MR) is 69.8 cm³/mol. The van der Waals surface area contributed by atoms with Crippen LogP contribution in [0.2, 0.25) is 0 Å². The largest absolute Gasteiger partial charge is 0.281 e. The summed E-state index contributed by atoms with van der Waals surface area (Å²) in [6.45, 7) is 8.91. The summed E-state index contributed by atoms with van der Waals surface area (Å²) in [7, 11) is -3.41. The molecule has 0 saturated carbocycles. The summed E-state index contributed by atoms with van der Waals surface area (Å²) in [6.07, 6.45) is 1.09. The topological polar surface area (TPSA) is 66.1 Å². The van der Waals surface area contributed by atoms with Crippen molar-refractivity contribution in [1.29, 1.82) is 0 Å². The minimum atomic E-state index is -3.41. The van der Waals surface area contributed by atoms with Crippen LogP contribution in [0.15, 0.2) is 4.90 Å². The van der Waals surface area contributed by atoms with Gasteiger partial charge in [0, 0.05) is 13.1 Å². The van der Waals surface area contributed by atoms with Crippen LogP contribution in [-0.2, 0) is 10.0 Å². The summed E-state index contributed by atoms with van der Waals surface area (Å²) in [5, 5.41) is 6.73. The number of H-pyrrole nitrogens is 1. The van der Waals surface area contributed by atoms with Crippen molar-refractivity contribution in [2.45, 2.75) is 39.0 Å². The number of aromatic nitrogens is 2. The summed E-state index contributed by atoms with van der Waals surface area (Å²) in [6, 6.07) is 0. The number of hydrogen-bond acceptors (Lipinski definition) is 3. The van der Waals surface area contributed by atoms with Crippen molar-refractivity contribution in [2.75, 3.05) is 13.1 Å². The van der Waals surface area contributed by atoms with Gasteiger partial charge in [-0.3, -0.25) is 5.10 Å². The molecule has 1 aromatic heterocycles. The molecule has 18 heavy (non-hydrogen) atoms. The van der Waals surface area contributed by atoms with Gasteiger partial charge in [0.15, 0.2) is 0 Å². The summed E-state index contributed by atoms with van der Waals surface area (Å²) < 4.78 is 26.9. The molecule has 2 heterocycles. The second-order valence-electron chi connectivity index (χ2n) is 5.53. The van der Waals surface area contributed by atoms with Crippen LogP contribution in [0.1, 0.15) is 31.7 Å². The van der Waals surface area contributed by atoms with Crippen molar-refractivity contribution in [3.05, 3.63) is 11.4 Å². The second kappa shape index (κ2) is 4.66. The average molecular weight is 271 g/mol. The Bertz CT molecular complexity index is 506. The van der Waals surface area contributed by atoms with Crippen molar-refractivity contribution in [2.24, 2.45) is 11.8 Å². The highest BCUT2D eigenvalue weighted by Gasteiger charge is 2.34. The summed E-state index contributed by atoms with van der Waals surface area (Å²) >= 11 is 0.